The summed E-state index contributed by atoms with van der Waals surface area (Å²) in [5.41, 5.74) is 1.73. The van der Waals surface area contributed by atoms with E-state index in [1.807, 2.05) is 24.3 Å². The lowest BCUT2D eigenvalue weighted by atomic mass is 10.1. The minimum Gasteiger partial charge on any atom is -0.508 e. The van der Waals surface area contributed by atoms with Crippen LogP contribution in [0.15, 0.2) is 48.5 Å². The summed E-state index contributed by atoms with van der Waals surface area (Å²) in [7, 11) is 1.64. The summed E-state index contributed by atoms with van der Waals surface area (Å²) in [6.07, 6.45) is -0.656. The van der Waals surface area contributed by atoms with Crippen LogP contribution < -0.4 is 10.1 Å². The van der Waals surface area contributed by atoms with Crippen molar-refractivity contribution in [2.45, 2.75) is 12.6 Å². The highest BCUT2D eigenvalue weighted by Gasteiger charge is 2.08. The normalized spacial score (nSPS) is 12.1. The van der Waals surface area contributed by atoms with Crippen LogP contribution in [-0.4, -0.2) is 23.9 Å². The number of hydrogen-bond acceptors (Lipinski definition) is 4. The average Bonchev–Trinajstić information content (AvgIpc) is 2.47. The van der Waals surface area contributed by atoms with E-state index in [4.69, 9.17) is 4.74 Å². The van der Waals surface area contributed by atoms with Crippen LogP contribution in [-0.2, 0) is 6.54 Å². The van der Waals surface area contributed by atoms with Crippen LogP contribution in [0.4, 0.5) is 0 Å². The van der Waals surface area contributed by atoms with Crippen molar-refractivity contribution in [3.05, 3.63) is 59.7 Å². The third-order valence-electron chi connectivity index (χ3n) is 3.10. The summed E-state index contributed by atoms with van der Waals surface area (Å²) in [5, 5.41) is 22.6. The van der Waals surface area contributed by atoms with Crippen LogP contribution >= 0.6 is 0 Å². The first kappa shape index (κ1) is 14.4. The predicted molar refractivity (Wildman–Crippen MR) is 77.8 cm³/mol. The Morgan fingerprint density at radius 3 is 2.70 bits per heavy atom. The van der Waals surface area contributed by atoms with E-state index in [0.717, 1.165) is 11.3 Å². The van der Waals surface area contributed by atoms with E-state index in [0.29, 0.717) is 18.7 Å². The second-order valence-corrected chi connectivity index (χ2v) is 4.55. The van der Waals surface area contributed by atoms with Crippen molar-refractivity contribution < 1.29 is 14.9 Å². The van der Waals surface area contributed by atoms with E-state index in [-0.39, 0.29) is 5.75 Å². The number of hydrogen-bond donors (Lipinski definition) is 3. The molecule has 0 fully saturated rings. The number of nitrogens with one attached hydrogen (secondary N) is 1. The van der Waals surface area contributed by atoms with Gasteiger partial charge in [0.1, 0.15) is 11.5 Å². The van der Waals surface area contributed by atoms with Crippen molar-refractivity contribution in [3.8, 4) is 11.5 Å². The molecule has 0 saturated carbocycles. The molecule has 2 aromatic rings. The summed E-state index contributed by atoms with van der Waals surface area (Å²) < 4.78 is 5.27. The van der Waals surface area contributed by atoms with Gasteiger partial charge < -0.3 is 20.3 Å². The molecule has 0 aliphatic rings. The molecule has 0 spiro atoms. The van der Waals surface area contributed by atoms with Crippen molar-refractivity contribution >= 4 is 0 Å². The molecule has 1 unspecified atom stereocenters. The second-order valence-electron chi connectivity index (χ2n) is 4.55. The van der Waals surface area contributed by atoms with Gasteiger partial charge in [0.2, 0.25) is 0 Å². The Morgan fingerprint density at radius 2 is 1.95 bits per heavy atom. The van der Waals surface area contributed by atoms with Gasteiger partial charge in [-0.1, -0.05) is 30.3 Å². The zero-order chi connectivity index (χ0) is 14.4. The Balaban J connectivity index is 1.89. The maximum atomic E-state index is 10.0. The molecule has 0 amide bonds. The van der Waals surface area contributed by atoms with Crippen molar-refractivity contribution in [1.82, 2.24) is 5.32 Å². The number of rotatable bonds is 6. The molecule has 3 N–H and O–H groups in total. The van der Waals surface area contributed by atoms with E-state index in [1.165, 1.54) is 0 Å². The Labute approximate surface area is 118 Å². The number of aromatic hydroxyl groups is 1. The first-order valence-electron chi connectivity index (χ1n) is 6.50. The zero-order valence-electron chi connectivity index (χ0n) is 11.4. The van der Waals surface area contributed by atoms with Crippen molar-refractivity contribution in [3.63, 3.8) is 0 Å². The van der Waals surface area contributed by atoms with E-state index in [1.54, 1.807) is 31.4 Å². The summed E-state index contributed by atoms with van der Waals surface area (Å²) in [6.45, 7) is 1.02. The third-order valence-corrected chi connectivity index (χ3v) is 3.10. The van der Waals surface area contributed by atoms with E-state index < -0.39 is 6.10 Å². The highest BCUT2D eigenvalue weighted by atomic mass is 16.5. The number of benzene rings is 2. The summed E-state index contributed by atoms with van der Waals surface area (Å²) >= 11 is 0. The molecule has 4 nitrogen and oxygen atoms in total. The Hall–Kier alpha value is -2.04. The highest BCUT2D eigenvalue weighted by Crippen LogP contribution is 2.19. The molecule has 0 bridgehead atoms. The van der Waals surface area contributed by atoms with Crippen molar-refractivity contribution in [1.29, 1.82) is 0 Å². The maximum absolute atomic E-state index is 10.0. The van der Waals surface area contributed by atoms with E-state index in [9.17, 15) is 10.2 Å². The molecular formula is C16H19NO3. The average molecular weight is 273 g/mol. The Morgan fingerprint density at radius 1 is 1.15 bits per heavy atom. The third kappa shape index (κ3) is 3.73. The second kappa shape index (κ2) is 6.93. The van der Waals surface area contributed by atoms with Gasteiger partial charge in [-0.3, -0.25) is 0 Å². The number of aliphatic hydroxyl groups excluding tert-OH is 1. The fourth-order valence-electron chi connectivity index (χ4n) is 2.04. The molecule has 0 aliphatic carbocycles. The molecule has 20 heavy (non-hydrogen) atoms. The lowest BCUT2D eigenvalue weighted by Gasteiger charge is -2.14. The van der Waals surface area contributed by atoms with Gasteiger partial charge in [-0.05, 0) is 23.8 Å². The van der Waals surface area contributed by atoms with Gasteiger partial charge in [0.05, 0.1) is 13.2 Å². The number of para-hydroxylation sites is 1. The maximum Gasteiger partial charge on any atom is 0.123 e. The number of phenols is 1. The first-order valence-corrected chi connectivity index (χ1v) is 6.50. The number of methoxy groups -OCH3 is 1. The van der Waals surface area contributed by atoms with Gasteiger partial charge in [0.25, 0.3) is 0 Å². The van der Waals surface area contributed by atoms with Crippen LogP contribution in [0.1, 0.15) is 17.2 Å². The Kier molecular flexibility index (Phi) is 4.98. The fraction of sp³-hybridized carbons (Fsp3) is 0.250. The zero-order valence-corrected chi connectivity index (χ0v) is 11.4. The van der Waals surface area contributed by atoms with Crippen LogP contribution in [0.2, 0.25) is 0 Å². The van der Waals surface area contributed by atoms with E-state index >= 15 is 0 Å². The molecule has 1 atom stereocenters. The largest absolute Gasteiger partial charge is 0.508 e. The monoisotopic (exact) mass is 273 g/mol. The van der Waals surface area contributed by atoms with Gasteiger partial charge in [0.15, 0.2) is 0 Å². The van der Waals surface area contributed by atoms with Gasteiger partial charge in [0, 0.05) is 18.7 Å². The van der Waals surface area contributed by atoms with Crippen molar-refractivity contribution in [2.75, 3.05) is 13.7 Å². The molecule has 0 radical (unpaired) electrons. The molecule has 0 aliphatic heterocycles. The lowest BCUT2D eigenvalue weighted by Crippen LogP contribution is -2.21. The molecule has 0 saturated heterocycles. The minimum absolute atomic E-state index is 0.159. The topological polar surface area (TPSA) is 61.7 Å². The highest BCUT2D eigenvalue weighted by molar-refractivity contribution is 5.33. The first-order chi connectivity index (χ1) is 9.70. The predicted octanol–water partition coefficient (Wildman–Crippen LogP) is 2.22. The lowest BCUT2D eigenvalue weighted by molar-refractivity contribution is 0.174. The quantitative estimate of drug-likeness (QED) is 0.755. The molecular weight excluding hydrogens is 254 g/mol. The fourth-order valence-corrected chi connectivity index (χ4v) is 2.04. The molecule has 2 rings (SSSR count). The number of aliphatic hydroxyl groups is 1. The molecule has 0 heterocycles. The Bertz CT molecular complexity index is 557. The van der Waals surface area contributed by atoms with Crippen molar-refractivity contribution in [2.24, 2.45) is 0 Å². The number of ether oxygens (including phenoxy) is 1. The van der Waals surface area contributed by atoms with Crippen LogP contribution in [0.5, 0.6) is 11.5 Å². The molecule has 4 heteroatoms. The minimum atomic E-state index is -0.656. The smallest absolute Gasteiger partial charge is 0.123 e. The standard InChI is InChI=1S/C16H19NO3/c1-20-16-8-3-2-5-13(16)10-17-11-15(19)12-6-4-7-14(18)9-12/h2-9,15,17-19H,10-11H2,1H3. The molecule has 0 aromatic heterocycles. The summed E-state index contributed by atoms with van der Waals surface area (Å²) in [5.74, 6) is 0.984. The molecule has 2 aromatic carbocycles. The van der Waals surface area contributed by atoms with Crippen LogP contribution in [0.3, 0.4) is 0 Å². The van der Waals surface area contributed by atoms with Gasteiger partial charge in [-0.15, -0.1) is 0 Å². The van der Waals surface area contributed by atoms with Gasteiger partial charge >= 0.3 is 0 Å². The van der Waals surface area contributed by atoms with Gasteiger partial charge in [-0.25, -0.2) is 0 Å². The van der Waals surface area contributed by atoms with Crippen LogP contribution in [0, 0.1) is 0 Å². The summed E-state index contributed by atoms with van der Waals surface area (Å²) in [6, 6.07) is 14.4. The SMILES string of the molecule is COc1ccccc1CNCC(O)c1cccc(O)c1. The molecule has 106 valence electrons. The van der Waals surface area contributed by atoms with Gasteiger partial charge in [-0.2, -0.15) is 0 Å². The van der Waals surface area contributed by atoms with E-state index in [2.05, 4.69) is 5.32 Å². The number of phenolic OH excluding ortho intramolecular Hbond substituents is 1. The van der Waals surface area contributed by atoms with Crippen LogP contribution in [0.25, 0.3) is 0 Å². The summed E-state index contributed by atoms with van der Waals surface area (Å²) in [4.78, 5) is 0.